The molecular weight excluding hydrogens is 310 g/mol. The van der Waals surface area contributed by atoms with E-state index in [1.807, 2.05) is 30.3 Å². The summed E-state index contributed by atoms with van der Waals surface area (Å²) in [5.74, 6) is -0.402. The molecule has 1 saturated carbocycles. The van der Waals surface area contributed by atoms with E-state index in [0.29, 0.717) is 37.5 Å². The lowest BCUT2D eigenvalue weighted by Crippen LogP contribution is -2.33. The molecule has 0 bridgehead atoms. The summed E-state index contributed by atoms with van der Waals surface area (Å²) in [7, 11) is 0. The number of nitrogens with zero attached hydrogens (tertiary/aromatic N) is 2. The van der Waals surface area contributed by atoms with Crippen LogP contribution in [0.2, 0.25) is 0 Å². The van der Waals surface area contributed by atoms with Gasteiger partial charge in [-0.2, -0.15) is 0 Å². The number of hydrogen-bond acceptors (Lipinski definition) is 5. The van der Waals surface area contributed by atoms with Crippen molar-refractivity contribution >= 4 is 11.9 Å². The van der Waals surface area contributed by atoms with E-state index in [1.54, 1.807) is 0 Å². The summed E-state index contributed by atoms with van der Waals surface area (Å²) in [6.07, 6.45) is 2.43. The fourth-order valence-electron chi connectivity index (χ4n) is 2.91. The fourth-order valence-corrected chi connectivity index (χ4v) is 2.91. The molecule has 1 amide bonds. The Hall–Kier alpha value is -2.70. The molecule has 0 saturated heterocycles. The molecule has 7 heteroatoms. The van der Waals surface area contributed by atoms with Gasteiger partial charge in [-0.1, -0.05) is 18.2 Å². The van der Waals surface area contributed by atoms with Gasteiger partial charge < -0.3 is 14.8 Å². The average molecular weight is 329 g/mol. The Morgan fingerprint density at radius 1 is 1.21 bits per heavy atom. The van der Waals surface area contributed by atoms with Gasteiger partial charge in [0.05, 0.1) is 5.92 Å². The Morgan fingerprint density at radius 3 is 2.71 bits per heavy atom. The van der Waals surface area contributed by atoms with Crippen molar-refractivity contribution in [1.29, 1.82) is 0 Å². The van der Waals surface area contributed by atoms with Gasteiger partial charge in [-0.15, -0.1) is 10.2 Å². The van der Waals surface area contributed by atoms with E-state index in [9.17, 15) is 9.59 Å². The van der Waals surface area contributed by atoms with Crippen LogP contribution >= 0.6 is 0 Å². The quantitative estimate of drug-likeness (QED) is 0.840. The predicted octanol–water partition coefficient (Wildman–Crippen LogP) is 2.04. The molecule has 24 heavy (non-hydrogen) atoms. The van der Waals surface area contributed by atoms with Crippen molar-refractivity contribution in [2.45, 2.75) is 38.1 Å². The number of carbonyl (C=O) groups excluding carboxylic acids is 1. The molecule has 0 unspecified atom stereocenters. The Morgan fingerprint density at radius 2 is 2.00 bits per heavy atom. The number of hydrogen-bond donors (Lipinski definition) is 2. The van der Waals surface area contributed by atoms with Crippen LogP contribution in [0.15, 0.2) is 34.7 Å². The largest absolute Gasteiger partial charge is 0.481 e. The van der Waals surface area contributed by atoms with Crippen molar-refractivity contribution in [3.63, 3.8) is 0 Å². The van der Waals surface area contributed by atoms with Crippen molar-refractivity contribution < 1.29 is 19.1 Å². The van der Waals surface area contributed by atoms with Crippen molar-refractivity contribution in [1.82, 2.24) is 15.5 Å². The fraction of sp³-hybridized carbons (Fsp3) is 0.412. The number of aliphatic carboxylic acids is 1. The summed E-state index contributed by atoms with van der Waals surface area (Å²) in [6, 6.07) is 9.38. The van der Waals surface area contributed by atoms with Crippen LogP contribution < -0.4 is 5.32 Å². The number of rotatable bonds is 6. The second-order valence-corrected chi connectivity index (χ2v) is 5.98. The summed E-state index contributed by atoms with van der Waals surface area (Å²) in [5.41, 5.74) is 0.839. The minimum atomic E-state index is -0.786. The summed E-state index contributed by atoms with van der Waals surface area (Å²) in [6.45, 7) is 0. The average Bonchev–Trinajstić information content (AvgIpc) is 3.23. The predicted molar refractivity (Wildman–Crippen MR) is 85.0 cm³/mol. The molecule has 1 heterocycles. The highest BCUT2D eigenvalue weighted by Crippen LogP contribution is 2.25. The third-order valence-corrected chi connectivity index (χ3v) is 4.20. The Bertz CT molecular complexity index is 714. The van der Waals surface area contributed by atoms with Gasteiger partial charge in [0.1, 0.15) is 0 Å². The van der Waals surface area contributed by atoms with Crippen LogP contribution in [0.5, 0.6) is 0 Å². The molecule has 7 nitrogen and oxygen atoms in total. The van der Waals surface area contributed by atoms with E-state index >= 15 is 0 Å². The molecule has 1 aromatic heterocycles. The third kappa shape index (κ3) is 3.98. The maximum absolute atomic E-state index is 12.0. The standard InChI is InChI=1S/C17H19N3O4/c21-14(18-13-7-6-12(10-13)17(22)23)8-9-15-19-20-16(24-15)11-4-2-1-3-5-11/h1-5,12-13H,6-10H2,(H,18,21)(H,22,23)/t12-,13+/m0/s1. The highest BCUT2D eigenvalue weighted by Gasteiger charge is 2.30. The molecule has 1 aliphatic carbocycles. The number of carboxylic acids is 1. The first-order chi connectivity index (χ1) is 11.6. The Balaban J connectivity index is 1.47. The minimum absolute atomic E-state index is 0.0545. The van der Waals surface area contributed by atoms with E-state index in [4.69, 9.17) is 9.52 Å². The highest BCUT2D eigenvalue weighted by molar-refractivity contribution is 5.77. The first kappa shape index (κ1) is 16.2. The topological polar surface area (TPSA) is 105 Å². The molecule has 1 fully saturated rings. The Labute approximate surface area is 139 Å². The molecule has 1 aliphatic rings. The first-order valence-corrected chi connectivity index (χ1v) is 8.02. The monoisotopic (exact) mass is 329 g/mol. The summed E-state index contributed by atoms with van der Waals surface area (Å²) >= 11 is 0. The molecular formula is C17H19N3O4. The van der Waals surface area contributed by atoms with E-state index in [2.05, 4.69) is 15.5 Å². The SMILES string of the molecule is O=C(CCc1nnc(-c2ccccc2)o1)N[C@@H]1CC[C@H](C(=O)O)C1. The van der Waals surface area contributed by atoms with E-state index < -0.39 is 5.97 Å². The van der Waals surface area contributed by atoms with Crippen LogP contribution in [-0.2, 0) is 16.0 Å². The van der Waals surface area contributed by atoms with Crippen molar-refractivity contribution in [3.8, 4) is 11.5 Å². The summed E-state index contributed by atoms with van der Waals surface area (Å²) in [4.78, 5) is 22.9. The highest BCUT2D eigenvalue weighted by atomic mass is 16.4. The van der Waals surface area contributed by atoms with Crippen LogP contribution in [0.1, 0.15) is 31.6 Å². The van der Waals surface area contributed by atoms with Crippen LogP contribution in [0.4, 0.5) is 0 Å². The van der Waals surface area contributed by atoms with E-state index in [-0.39, 0.29) is 24.3 Å². The third-order valence-electron chi connectivity index (χ3n) is 4.20. The van der Waals surface area contributed by atoms with Gasteiger partial charge in [0.2, 0.25) is 17.7 Å². The lowest BCUT2D eigenvalue weighted by Gasteiger charge is -2.11. The van der Waals surface area contributed by atoms with Gasteiger partial charge in [0.15, 0.2) is 0 Å². The molecule has 2 atom stereocenters. The number of carbonyl (C=O) groups is 2. The van der Waals surface area contributed by atoms with Gasteiger partial charge in [-0.3, -0.25) is 9.59 Å². The molecule has 3 rings (SSSR count). The van der Waals surface area contributed by atoms with E-state index in [1.165, 1.54) is 0 Å². The zero-order valence-electron chi connectivity index (χ0n) is 13.1. The van der Waals surface area contributed by atoms with Gasteiger partial charge in [0, 0.05) is 24.4 Å². The second-order valence-electron chi connectivity index (χ2n) is 5.98. The minimum Gasteiger partial charge on any atom is -0.481 e. The zero-order chi connectivity index (χ0) is 16.9. The van der Waals surface area contributed by atoms with Crippen LogP contribution in [0.25, 0.3) is 11.5 Å². The zero-order valence-corrected chi connectivity index (χ0v) is 13.1. The van der Waals surface area contributed by atoms with Gasteiger partial charge in [-0.25, -0.2) is 0 Å². The number of aromatic nitrogens is 2. The first-order valence-electron chi connectivity index (χ1n) is 8.02. The number of aryl methyl sites for hydroxylation is 1. The molecule has 126 valence electrons. The maximum Gasteiger partial charge on any atom is 0.306 e. The summed E-state index contributed by atoms with van der Waals surface area (Å²) in [5, 5.41) is 19.8. The lowest BCUT2D eigenvalue weighted by atomic mass is 10.1. The van der Waals surface area contributed by atoms with Gasteiger partial charge in [-0.05, 0) is 31.4 Å². The van der Waals surface area contributed by atoms with Crippen molar-refractivity contribution in [3.05, 3.63) is 36.2 Å². The van der Waals surface area contributed by atoms with Gasteiger partial charge in [0.25, 0.3) is 0 Å². The Kier molecular flexibility index (Phi) is 4.88. The molecule has 1 aromatic carbocycles. The normalized spacial score (nSPS) is 20.0. The molecule has 2 aromatic rings. The summed E-state index contributed by atoms with van der Waals surface area (Å²) < 4.78 is 5.56. The molecule has 2 N–H and O–H groups in total. The molecule has 0 spiro atoms. The van der Waals surface area contributed by atoms with Crippen LogP contribution in [-0.4, -0.2) is 33.2 Å². The number of carboxylic acid groups (broad SMARTS) is 1. The molecule has 0 radical (unpaired) electrons. The second kappa shape index (κ2) is 7.25. The van der Waals surface area contributed by atoms with E-state index in [0.717, 1.165) is 5.56 Å². The van der Waals surface area contributed by atoms with Crippen LogP contribution in [0, 0.1) is 5.92 Å². The van der Waals surface area contributed by atoms with Gasteiger partial charge >= 0.3 is 5.97 Å². The smallest absolute Gasteiger partial charge is 0.306 e. The molecule has 0 aliphatic heterocycles. The van der Waals surface area contributed by atoms with Crippen molar-refractivity contribution in [2.75, 3.05) is 0 Å². The maximum atomic E-state index is 12.0. The van der Waals surface area contributed by atoms with Crippen molar-refractivity contribution in [2.24, 2.45) is 5.92 Å². The number of nitrogens with one attached hydrogen (secondary N) is 1. The van der Waals surface area contributed by atoms with Crippen LogP contribution in [0.3, 0.4) is 0 Å². The lowest BCUT2D eigenvalue weighted by molar-refractivity contribution is -0.141. The number of amides is 1. The number of benzene rings is 1.